The van der Waals surface area contributed by atoms with E-state index in [0.717, 1.165) is 19.6 Å². The van der Waals surface area contributed by atoms with E-state index in [0.29, 0.717) is 6.04 Å². The molecule has 1 saturated heterocycles. The summed E-state index contributed by atoms with van der Waals surface area (Å²) in [5.74, 6) is 0. The standard InChI is InChI=1S/C18H30N2/c1-14-7-8-16(18(3,4)5)13-17(14)15(2)20-11-6-9-19-10-12-20/h7-8,13,15,19H,6,9-12H2,1-5H3. The van der Waals surface area contributed by atoms with Crippen LogP contribution in [0.15, 0.2) is 18.2 Å². The van der Waals surface area contributed by atoms with Gasteiger partial charge in [-0.2, -0.15) is 0 Å². The summed E-state index contributed by atoms with van der Waals surface area (Å²) >= 11 is 0. The first-order valence-corrected chi connectivity index (χ1v) is 7.95. The Morgan fingerprint density at radius 2 is 1.90 bits per heavy atom. The van der Waals surface area contributed by atoms with Crippen LogP contribution in [0.3, 0.4) is 0 Å². The van der Waals surface area contributed by atoms with Gasteiger partial charge in [-0.15, -0.1) is 0 Å². The van der Waals surface area contributed by atoms with Crippen LogP contribution in [0.2, 0.25) is 0 Å². The lowest BCUT2D eigenvalue weighted by Crippen LogP contribution is -2.31. The van der Waals surface area contributed by atoms with Crippen molar-refractivity contribution < 1.29 is 0 Å². The number of benzene rings is 1. The monoisotopic (exact) mass is 274 g/mol. The Balaban J connectivity index is 2.25. The van der Waals surface area contributed by atoms with Crippen LogP contribution in [0.5, 0.6) is 0 Å². The van der Waals surface area contributed by atoms with E-state index in [4.69, 9.17) is 0 Å². The minimum Gasteiger partial charge on any atom is -0.315 e. The highest BCUT2D eigenvalue weighted by Crippen LogP contribution is 2.29. The summed E-state index contributed by atoms with van der Waals surface area (Å²) in [6, 6.07) is 7.52. The fourth-order valence-electron chi connectivity index (χ4n) is 3.01. The minimum absolute atomic E-state index is 0.225. The van der Waals surface area contributed by atoms with Crippen LogP contribution in [-0.2, 0) is 5.41 Å². The molecule has 1 aromatic carbocycles. The minimum atomic E-state index is 0.225. The molecular formula is C18H30N2. The highest BCUT2D eigenvalue weighted by Gasteiger charge is 2.21. The number of hydrogen-bond acceptors (Lipinski definition) is 2. The maximum atomic E-state index is 3.49. The largest absolute Gasteiger partial charge is 0.315 e. The maximum Gasteiger partial charge on any atom is 0.0323 e. The average Bonchev–Trinajstić information content (AvgIpc) is 2.66. The molecule has 0 spiro atoms. The molecule has 0 aliphatic carbocycles. The molecule has 0 aromatic heterocycles. The van der Waals surface area contributed by atoms with E-state index >= 15 is 0 Å². The third-order valence-electron chi connectivity index (χ3n) is 4.52. The van der Waals surface area contributed by atoms with Gasteiger partial charge in [0, 0.05) is 19.1 Å². The van der Waals surface area contributed by atoms with E-state index in [-0.39, 0.29) is 5.41 Å². The molecule has 0 bridgehead atoms. The second-order valence-electron chi connectivity index (χ2n) is 7.14. The predicted octanol–water partition coefficient (Wildman–Crippen LogP) is 3.65. The van der Waals surface area contributed by atoms with Crippen molar-refractivity contribution in [3.05, 3.63) is 34.9 Å². The molecule has 1 atom stereocenters. The van der Waals surface area contributed by atoms with E-state index in [1.54, 1.807) is 0 Å². The summed E-state index contributed by atoms with van der Waals surface area (Å²) < 4.78 is 0. The van der Waals surface area contributed by atoms with E-state index in [2.05, 4.69) is 63.0 Å². The Labute approximate surface area is 124 Å². The first kappa shape index (κ1) is 15.5. The molecule has 2 heteroatoms. The van der Waals surface area contributed by atoms with E-state index < -0.39 is 0 Å². The quantitative estimate of drug-likeness (QED) is 0.885. The van der Waals surface area contributed by atoms with Gasteiger partial charge in [-0.3, -0.25) is 4.90 Å². The van der Waals surface area contributed by atoms with Crippen LogP contribution in [-0.4, -0.2) is 31.1 Å². The molecule has 2 rings (SSSR count). The molecule has 1 fully saturated rings. The Hall–Kier alpha value is -0.860. The van der Waals surface area contributed by atoms with E-state index in [1.165, 1.54) is 29.7 Å². The zero-order valence-electron chi connectivity index (χ0n) is 13.8. The zero-order valence-corrected chi connectivity index (χ0v) is 13.8. The number of aryl methyl sites for hydroxylation is 1. The number of nitrogens with zero attached hydrogens (tertiary/aromatic N) is 1. The molecule has 1 aliphatic heterocycles. The van der Waals surface area contributed by atoms with Gasteiger partial charge in [0.1, 0.15) is 0 Å². The van der Waals surface area contributed by atoms with Crippen LogP contribution >= 0.6 is 0 Å². The van der Waals surface area contributed by atoms with Gasteiger partial charge >= 0.3 is 0 Å². The molecular weight excluding hydrogens is 244 g/mol. The fourth-order valence-corrected chi connectivity index (χ4v) is 3.01. The van der Waals surface area contributed by atoms with Crippen molar-refractivity contribution in [3.8, 4) is 0 Å². The van der Waals surface area contributed by atoms with Crippen LogP contribution in [0.4, 0.5) is 0 Å². The molecule has 2 nitrogen and oxygen atoms in total. The van der Waals surface area contributed by atoms with Crippen molar-refractivity contribution in [2.75, 3.05) is 26.2 Å². The van der Waals surface area contributed by atoms with Gasteiger partial charge in [0.2, 0.25) is 0 Å². The van der Waals surface area contributed by atoms with Crippen molar-refractivity contribution in [2.24, 2.45) is 0 Å². The molecule has 1 N–H and O–H groups in total. The van der Waals surface area contributed by atoms with Crippen molar-refractivity contribution in [3.63, 3.8) is 0 Å². The van der Waals surface area contributed by atoms with Crippen LogP contribution < -0.4 is 5.32 Å². The van der Waals surface area contributed by atoms with Crippen molar-refractivity contribution in [2.45, 2.75) is 52.5 Å². The number of rotatable bonds is 2. The normalized spacial score (nSPS) is 19.6. The first-order chi connectivity index (χ1) is 9.39. The molecule has 20 heavy (non-hydrogen) atoms. The van der Waals surface area contributed by atoms with Gasteiger partial charge in [-0.1, -0.05) is 39.0 Å². The lowest BCUT2D eigenvalue weighted by molar-refractivity contribution is 0.224. The van der Waals surface area contributed by atoms with Crippen LogP contribution in [0.25, 0.3) is 0 Å². The molecule has 1 aliphatic rings. The van der Waals surface area contributed by atoms with Crippen molar-refractivity contribution >= 4 is 0 Å². The Morgan fingerprint density at radius 3 is 2.60 bits per heavy atom. The molecule has 0 amide bonds. The van der Waals surface area contributed by atoms with Gasteiger partial charge in [-0.05, 0) is 55.5 Å². The molecule has 0 radical (unpaired) electrons. The number of hydrogen-bond donors (Lipinski definition) is 1. The lowest BCUT2D eigenvalue weighted by atomic mass is 9.84. The third kappa shape index (κ3) is 3.62. The Kier molecular flexibility index (Phi) is 4.87. The van der Waals surface area contributed by atoms with Crippen LogP contribution in [0, 0.1) is 6.92 Å². The van der Waals surface area contributed by atoms with Gasteiger partial charge in [0.05, 0.1) is 0 Å². The average molecular weight is 274 g/mol. The topological polar surface area (TPSA) is 15.3 Å². The summed E-state index contributed by atoms with van der Waals surface area (Å²) in [5.41, 5.74) is 4.59. The van der Waals surface area contributed by atoms with Crippen molar-refractivity contribution in [1.82, 2.24) is 10.2 Å². The predicted molar refractivity (Wildman–Crippen MR) is 87.4 cm³/mol. The van der Waals surface area contributed by atoms with Gasteiger partial charge < -0.3 is 5.32 Å². The van der Waals surface area contributed by atoms with Gasteiger partial charge in [0.15, 0.2) is 0 Å². The van der Waals surface area contributed by atoms with Gasteiger partial charge in [0.25, 0.3) is 0 Å². The summed E-state index contributed by atoms with van der Waals surface area (Å²) in [4.78, 5) is 2.62. The lowest BCUT2D eigenvalue weighted by Gasteiger charge is -2.30. The summed E-state index contributed by atoms with van der Waals surface area (Å²) in [5, 5.41) is 3.49. The zero-order chi connectivity index (χ0) is 14.8. The van der Waals surface area contributed by atoms with E-state index in [9.17, 15) is 0 Å². The van der Waals surface area contributed by atoms with Crippen molar-refractivity contribution in [1.29, 1.82) is 0 Å². The summed E-state index contributed by atoms with van der Waals surface area (Å²) in [6.45, 7) is 16.1. The second kappa shape index (κ2) is 6.28. The molecule has 112 valence electrons. The highest BCUT2D eigenvalue weighted by molar-refractivity contribution is 5.36. The Bertz CT molecular complexity index is 437. The Morgan fingerprint density at radius 1 is 1.15 bits per heavy atom. The fraction of sp³-hybridized carbons (Fsp3) is 0.667. The number of nitrogens with one attached hydrogen (secondary N) is 1. The third-order valence-corrected chi connectivity index (χ3v) is 4.52. The highest BCUT2D eigenvalue weighted by atomic mass is 15.2. The van der Waals surface area contributed by atoms with E-state index in [1.807, 2.05) is 0 Å². The van der Waals surface area contributed by atoms with Crippen LogP contribution in [0.1, 0.15) is 56.8 Å². The van der Waals surface area contributed by atoms with Gasteiger partial charge in [-0.25, -0.2) is 0 Å². The summed E-state index contributed by atoms with van der Waals surface area (Å²) in [6.07, 6.45) is 1.25. The molecule has 1 aromatic rings. The molecule has 1 unspecified atom stereocenters. The molecule has 1 heterocycles. The SMILES string of the molecule is Cc1ccc(C(C)(C)C)cc1C(C)N1CCCNCC1. The first-order valence-electron chi connectivity index (χ1n) is 7.95. The second-order valence-corrected chi connectivity index (χ2v) is 7.14. The maximum absolute atomic E-state index is 3.49. The molecule has 0 saturated carbocycles. The smallest absolute Gasteiger partial charge is 0.0323 e. The summed E-state index contributed by atoms with van der Waals surface area (Å²) in [7, 11) is 0.